The lowest BCUT2D eigenvalue weighted by Crippen LogP contribution is -2.32. The predicted octanol–water partition coefficient (Wildman–Crippen LogP) is 3.88. The molecule has 2 fully saturated rings. The van der Waals surface area contributed by atoms with Crippen molar-refractivity contribution in [2.75, 3.05) is 39.9 Å². The molecule has 7 nitrogen and oxygen atoms in total. The first kappa shape index (κ1) is 20.6. The van der Waals surface area contributed by atoms with Crippen LogP contribution in [0, 0.1) is 0 Å². The SMILES string of the molecule is COc1ccc(Cl)cc1N1C(=O)[C@@H]2CCCN2[C@H]1c1cc(OC)c(OC)c(OC)c1. The maximum Gasteiger partial charge on any atom is 0.246 e. The molecule has 160 valence electrons. The van der Waals surface area contributed by atoms with Gasteiger partial charge in [-0.3, -0.25) is 14.6 Å². The molecule has 2 aromatic carbocycles. The standard InChI is InChI=1S/C22H25ClN2O5/c1-27-17-8-7-14(23)12-16(17)25-21(24-9-5-6-15(24)22(25)26)13-10-18(28-2)20(30-4)19(11-13)29-3/h7-8,10-12,15,21H,5-6,9H2,1-4H3/t15-,21+/m0/s1. The number of carbonyl (C=O) groups is 1. The summed E-state index contributed by atoms with van der Waals surface area (Å²) in [6.07, 6.45) is 1.45. The highest BCUT2D eigenvalue weighted by molar-refractivity contribution is 6.31. The van der Waals surface area contributed by atoms with Gasteiger partial charge in [-0.15, -0.1) is 0 Å². The highest BCUT2D eigenvalue weighted by atomic mass is 35.5. The molecular formula is C22H25ClN2O5. The number of ether oxygens (including phenoxy) is 4. The lowest BCUT2D eigenvalue weighted by atomic mass is 10.1. The first-order valence-corrected chi connectivity index (χ1v) is 10.1. The zero-order valence-electron chi connectivity index (χ0n) is 17.5. The van der Waals surface area contributed by atoms with Gasteiger partial charge in [0.1, 0.15) is 11.9 Å². The molecule has 0 aromatic heterocycles. The normalized spacial score (nSPS) is 21.0. The molecule has 0 bridgehead atoms. The van der Waals surface area contributed by atoms with Crippen LogP contribution in [0.3, 0.4) is 0 Å². The monoisotopic (exact) mass is 432 g/mol. The van der Waals surface area contributed by atoms with Gasteiger partial charge in [0.25, 0.3) is 0 Å². The van der Waals surface area contributed by atoms with E-state index in [-0.39, 0.29) is 18.1 Å². The van der Waals surface area contributed by atoms with E-state index in [9.17, 15) is 4.79 Å². The van der Waals surface area contributed by atoms with Crippen molar-refractivity contribution in [1.82, 2.24) is 4.90 Å². The van der Waals surface area contributed by atoms with E-state index in [0.717, 1.165) is 24.9 Å². The van der Waals surface area contributed by atoms with Crippen molar-refractivity contribution in [2.24, 2.45) is 0 Å². The maximum absolute atomic E-state index is 13.5. The van der Waals surface area contributed by atoms with Crippen LogP contribution in [-0.2, 0) is 4.79 Å². The van der Waals surface area contributed by atoms with Crippen molar-refractivity contribution >= 4 is 23.2 Å². The Morgan fingerprint density at radius 1 is 0.933 bits per heavy atom. The first-order valence-electron chi connectivity index (χ1n) is 9.76. The van der Waals surface area contributed by atoms with Crippen LogP contribution in [0.4, 0.5) is 5.69 Å². The molecule has 2 atom stereocenters. The van der Waals surface area contributed by atoms with Crippen molar-refractivity contribution < 1.29 is 23.7 Å². The van der Waals surface area contributed by atoms with Crippen molar-refractivity contribution in [3.63, 3.8) is 0 Å². The Hall–Kier alpha value is -2.64. The fourth-order valence-corrected chi connectivity index (χ4v) is 4.64. The molecule has 2 aromatic rings. The molecule has 30 heavy (non-hydrogen) atoms. The molecule has 4 rings (SSSR count). The molecule has 2 aliphatic heterocycles. The van der Waals surface area contributed by atoms with Gasteiger partial charge in [0, 0.05) is 11.6 Å². The number of carbonyl (C=O) groups excluding carboxylic acids is 1. The van der Waals surface area contributed by atoms with Crippen LogP contribution >= 0.6 is 11.6 Å². The number of anilines is 1. The highest BCUT2D eigenvalue weighted by Crippen LogP contribution is 2.48. The van der Waals surface area contributed by atoms with Crippen molar-refractivity contribution in [3.8, 4) is 23.0 Å². The van der Waals surface area contributed by atoms with Crippen LogP contribution in [0.5, 0.6) is 23.0 Å². The number of methoxy groups -OCH3 is 4. The van der Waals surface area contributed by atoms with Gasteiger partial charge in [0.2, 0.25) is 11.7 Å². The smallest absolute Gasteiger partial charge is 0.246 e. The summed E-state index contributed by atoms with van der Waals surface area (Å²) in [5, 5.41) is 0.536. The van der Waals surface area contributed by atoms with Crippen molar-refractivity contribution in [2.45, 2.75) is 25.0 Å². The fourth-order valence-electron chi connectivity index (χ4n) is 4.47. The van der Waals surface area contributed by atoms with E-state index in [2.05, 4.69) is 4.90 Å². The third-order valence-electron chi connectivity index (χ3n) is 5.76. The molecule has 0 spiro atoms. The van der Waals surface area contributed by atoms with Gasteiger partial charge in [-0.1, -0.05) is 11.6 Å². The lowest BCUT2D eigenvalue weighted by molar-refractivity contribution is -0.119. The summed E-state index contributed by atoms with van der Waals surface area (Å²) in [5.41, 5.74) is 1.51. The third kappa shape index (κ3) is 3.22. The molecule has 0 N–H and O–H groups in total. The molecule has 0 unspecified atom stereocenters. The van der Waals surface area contributed by atoms with Crippen LogP contribution < -0.4 is 23.8 Å². The van der Waals surface area contributed by atoms with E-state index in [1.165, 1.54) is 0 Å². The van der Waals surface area contributed by atoms with Gasteiger partial charge in [0.15, 0.2) is 11.5 Å². The predicted molar refractivity (Wildman–Crippen MR) is 114 cm³/mol. The van der Waals surface area contributed by atoms with Crippen LogP contribution in [0.2, 0.25) is 5.02 Å². The molecule has 2 heterocycles. The average Bonchev–Trinajstić information content (AvgIpc) is 3.34. The zero-order chi connectivity index (χ0) is 21.4. The summed E-state index contributed by atoms with van der Waals surface area (Å²) in [6, 6.07) is 8.90. The van der Waals surface area contributed by atoms with Gasteiger partial charge in [-0.2, -0.15) is 0 Å². The van der Waals surface area contributed by atoms with Crippen LogP contribution in [-0.4, -0.2) is 51.8 Å². The third-order valence-corrected chi connectivity index (χ3v) is 6.00. The van der Waals surface area contributed by atoms with Gasteiger partial charge in [-0.05, 0) is 48.7 Å². The quantitative estimate of drug-likeness (QED) is 0.690. The van der Waals surface area contributed by atoms with Crippen molar-refractivity contribution in [3.05, 3.63) is 40.9 Å². The number of fused-ring (bicyclic) bond motifs is 1. The van der Waals surface area contributed by atoms with Gasteiger partial charge in [0.05, 0.1) is 40.2 Å². The minimum absolute atomic E-state index is 0.0341. The van der Waals surface area contributed by atoms with Gasteiger partial charge in [-0.25, -0.2) is 0 Å². The topological polar surface area (TPSA) is 60.5 Å². The summed E-state index contributed by atoms with van der Waals surface area (Å²) >= 11 is 6.29. The Bertz CT molecular complexity index is 942. The molecule has 8 heteroatoms. The maximum atomic E-state index is 13.5. The fraction of sp³-hybridized carbons (Fsp3) is 0.409. The molecule has 2 saturated heterocycles. The second-order valence-corrected chi connectivity index (χ2v) is 7.69. The van der Waals surface area contributed by atoms with E-state index in [1.54, 1.807) is 51.5 Å². The number of benzene rings is 2. The largest absolute Gasteiger partial charge is 0.495 e. The summed E-state index contributed by atoms with van der Waals surface area (Å²) in [5.74, 6) is 2.22. The van der Waals surface area contributed by atoms with E-state index in [1.807, 2.05) is 12.1 Å². The number of halogens is 1. The molecule has 0 radical (unpaired) electrons. The minimum Gasteiger partial charge on any atom is -0.495 e. The average molecular weight is 433 g/mol. The van der Waals surface area contributed by atoms with Crippen LogP contribution in [0.1, 0.15) is 24.6 Å². The van der Waals surface area contributed by atoms with Crippen molar-refractivity contribution in [1.29, 1.82) is 0 Å². The minimum atomic E-state index is -0.342. The Balaban J connectivity index is 1.90. The zero-order valence-corrected chi connectivity index (χ0v) is 18.2. The van der Waals surface area contributed by atoms with Crippen LogP contribution in [0.15, 0.2) is 30.3 Å². The van der Waals surface area contributed by atoms with E-state index in [4.69, 9.17) is 30.5 Å². The number of nitrogens with zero attached hydrogens (tertiary/aromatic N) is 2. The van der Waals surface area contributed by atoms with Gasteiger partial charge >= 0.3 is 0 Å². The lowest BCUT2D eigenvalue weighted by Gasteiger charge is -2.31. The molecule has 0 saturated carbocycles. The summed E-state index contributed by atoms with van der Waals surface area (Å²) < 4.78 is 22.1. The van der Waals surface area contributed by atoms with Crippen LogP contribution in [0.25, 0.3) is 0 Å². The molecule has 0 aliphatic carbocycles. The Labute approximate surface area is 181 Å². The molecule has 2 aliphatic rings. The number of hydrogen-bond donors (Lipinski definition) is 0. The Morgan fingerprint density at radius 2 is 1.60 bits per heavy atom. The second-order valence-electron chi connectivity index (χ2n) is 7.25. The summed E-state index contributed by atoms with van der Waals surface area (Å²) in [7, 11) is 6.32. The number of amides is 1. The summed E-state index contributed by atoms with van der Waals surface area (Å²) in [6.45, 7) is 0.817. The molecular weight excluding hydrogens is 408 g/mol. The molecule has 1 amide bonds. The van der Waals surface area contributed by atoms with E-state index < -0.39 is 0 Å². The van der Waals surface area contributed by atoms with Gasteiger partial charge < -0.3 is 18.9 Å². The number of rotatable bonds is 6. The number of hydrogen-bond acceptors (Lipinski definition) is 6. The Morgan fingerprint density at radius 3 is 2.20 bits per heavy atom. The highest BCUT2D eigenvalue weighted by Gasteiger charge is 2.50. The Kier molecular flexibility index (Phi) is 5.66. The van der Waals surface area contributed by atoms with E-state index >= 15 is 0 Å². The van der Waals surface area contributed by atoms with E-state index in [0.29, 0.717) is 33.7 Å². The first-order chi connectivity index (χ1) is 14.5. The summed E-state index contributed by atoms with van der Waals surface area (Å²) in [4.78, 5) is 17.5. The second kappa shape index (κ2) is 8.24.